The Morgan fingerprint density at radius 2 is 1.85 bits per heavy atom. The maximum Gasteiger partial charge on any atom is 0.227 e. The Bertz CT molecular complexity index is 1460. The van der Waals surface area contributed by atoms with Gasteiger partial charge >= 0.3 is 0 Å². The number of amides is 1. The van der Waals surface area contributed by atoms with E-state index < -0.39 is 0 Å². The highest BCUT2D eigenvalue weighted by atomic mass is 35.5. The van der Waals surface area contributed by atoms with Crippen molar-refractivity contribution in [3.8, 4) is 22.8 Å². The molecule has 34 heavy (non-hydrogen) atoms. The number of hydrogen-bond donors (Lipinski definition) is 1. The standard InChI is InChI=1S/C26H21ClN4O3/c1-16-9-14-22-21(15-16)29-26(33-22)17-10-12-18(13-11-17)28-23(32)7-4-8-24-30-25(31-34-24)19-5-2-3-6-20(19)27/h2-3,5-6,9-15H,4,7-8H2,1H3,(H,28,32). The van der Waals surface area contributed by atoms with Crippen LogP contribution in [0.2, 0.25) is 5.02 Å². The van der Waals surface area contributed by atoms with Gasteiger partial charge in [-0.05, 0) is 67.4 Å². The van der Waals surface area contributed by atoms with Crippen molar-refractivity contribution in [2.75, 3.05) is 5.32 Å². The molecule has 0 aliphatic rings. The number of carbonyl (C=O) groups excluding carboxylic acids is 1. The number of carbonyl (C=O) groups is 1. The largest absolute Gasteiger partial charge is 0.436 e. The molecule has 2 aromatic heterocycles. The van der Waals surface area contributed by atoms with Crippen LogP contribution in [0.5, 0.6) is 0 Å². The van der Waals surface area contributed by atoms with Crippen molar-refractivity contribution in [1.29, 1.82) is 0 Å². The normalized spacial score (nSPS) is 11.1. The summed E-state index contributed by atoms with van der Waals surface area (Å²) >= 11 is 6.18. The van der Waals surface area contributed by atoms with Gasteiger partial charge in [0.2, 0.25) is 23.5 Å². The number of hydrogen-bond acceptors (Lipinski definition) is 6. The van der Waals surface area contributed by atoms with Gasteiger partial charge in [0.25, 0.3) is 0 Å². The van der Waals surface area contributed by atoms with Crippen molar-refractivity contribution in [2.24, 2.45) is 0 Å². The Morgan fingerprint density at radius 1 is 1.03 bits per heavy atom. The summed E-state index contributed by atoms with van der Waals surface area (Å²) in [5.74, 6) is 1.38. The van der Waals surface area contributed by atoms with Crippen LogP contribution in [0.15, 0.2) is 75.7 Å². The lowest BCUT2D eigenvalue weighted by Crippen LogP contribution is -2.11. The number of oxazole rings is 1. The number of nitrogens with one attached hydrogen (secondary N) is 1. The first kappa shape index (κ1) is 21.9. The average Bonchev–Trinajstić information content (AvgIpc) is 3.47. The molecule has 1 amide bonds. The minimum atomic E-state index is -0.0871. The predicted octanol–water partition coefficient (Wildman–Crippen LogP) is 6.47. The fourth-order valence-electron chi connectivity index (χ4n) is 3.59. The summed E-state index contributed by atoms with van der Waals surface area (Å²) in [5.41, 5.74) is 4.97. The Balaban J connectivity index is 1.14. The predicted molar refractivity (Wildman–Crippen MR) is 130 cm³/mol. The zero-order valence-corrected chi connectivity index (χ0v) is 19.2. The molecular weight excluding hydrogens is 452 g/mol. The van der Waals surface area contributed by atoms with E-state index in [2.05, 4.69) is 20.4 Å². The van der Waals surface area contributed by atoms with E-state index in [1.165, 1.54) is 0 Å². The second-order valence-corrected chi connectivity index (χ2v) is 8.37. The van der Waals surface area contributed by atoms with Gasteiger partial charge < -0.3 is 14.3 Å². The number of rotatable bonds is 7. The van der Waals surface area contributed by atoms with Gasteiger partial charge in [-0.25, -0.2) is 4.98 Å². The highest BCUT2D eigenvalue weighted by Gasteiger charge is 2.13. The number of fused-ring (bicyclic) bond motifs is 1. The zero-order chi connectivity index (χ0) is 23.5. The lowest BCUT2D eigenvalue weighted by atomic mass is 10.2. The molecule has 0 saturated carbocycles. The van der Waals surface area contributed by atoms with E-state index in [1.54, 1.807) is 6.07 Å². The number of nitrogens with zero attached hydrogens (tertiary/aromatic N) is 3. The number of anilines is 1. The average molecular weight is 473 g/mol. The first-order valence-electron chi connectivity index (χ1n) is 10.9. The zero-order valence-electron chi connectivity index (χ0n) is 18.4. The van der Waals surface area contributed by atoms with Gasteiger partial charge in [0.1, 0.15) is 5.52 Å². The van der Waals surface area contributed by atoms with Gasteiger partial charge in [0.15, 0.2) is 5.58 Å². The molecular formula is C26H21ClN4O3. The van der Waals surface area contributed by atoms with E-state index in [9.17, 15) is 4.79 Å². The van der Waals surface area contributed by atoms with E-state index in [0.717, 1.165) is 22.2 Å². The summed E-state index contributed by atoms with van der Waals surface area (Å²) in [6.45, 7) is 2.02. The molecule has 3 aromatic carbocycles. The van der Waals surface area contributed by atoms with Gasteiger partial charge in [0.05, 0.1) is 5.02 Å². The van der Waals surface area contributed by atoms with Crippen molar-refractivity contribution in [1.82, 2.24) is 15.1 Å². The third kappa shape index (κ3) is 4.84. The molecule has 0 fully saturated rings. The summed E-state index contributed by atoms with van der Waals surface area (Å²) in [6.07, 6.45) is 1.41. The van der Waals surface area contributed by atoms with E-state index in [-0.39, 0.29) is 5.91 Å². The smallest absolute Gasteiger partial charge is 0.227 e. The number of aromatic nitrogens is 3. The van der Waals surface area contributed by atoms with Crippen LogP contribution in [0.3, 0.4) is 0 Å². The molecule has 8 heteroatoms. The molecule has 0 aliphatic carbocycles. The molecule has 7 nitrogen and oxygen atoms in total. The molecule has 0 spiro atoms. The summed E-state index contributed by atoms with van der Waals surface area (Å²) in [7, 11) is 0. The summed E-state index contributed by atoms with van der Waals surface area (Å²) in [4.78, 5) is 21.3. The summed E-state index contributed by atoms with van der Waals surface area (Å²) in [5, 5.41) is 7.45. The fraction of sp³-hybridized carbons (Fsp3) is 0.154. The third-order valence-electron chi connectivity index (χ3n) is 5.34. The van der Waals surface area contributed by atoms with E-state index >= 15 is 0 Å². The van der Waals surface area contributed by atoms with Gasteiger partial charge in [-0.2, -0.15) is 4.98 Å². The molecule has 170 valence electrons. The van der Waals surface area contributed by atoms with Crippen LogP contribution >= 0.6 is 11.6 Å². The van der Waals surface area contributed by atoms with Gasteiger partial charge in [-0.3, -0.25) is 4.79 Å². The molecule has 0 unspecified atom stereocenters. The molecule has 5 aromatic rings. The highest BCUT2D eigenvalue weighted by Crippen LogP contribution is 2.27. The van der Waals surface area contributed by atoms with E-state index in [4.69, 9.17) is 20.5 Å². The minimum absolute atomic E-state index is 0.0871. The first-order valence-corrected chi connectivity index (χ1v) is 11.3. The van der Waals surface area contributed by atoms with Crippen molar-refractivity contribution in [2.45, 2.75) is 26.2 Å². The van der Waals surface area contributed by atoms with Crippen molar-refractivity contribution < 1.29 is 13.7 Å². The molecule has 5 rings (SSSR count). The maximum absolute atomic E-state index is 12.4. The van der Waals surface area contributed by atoms with Gasteiger partial charge in [0, 0.05) is 29.7 Å². The van der Waals surface area contributed by atoms with Crippen LogP contribution in [0.1, 0.15) is 24.3 Å². The van der Waals surface area contributed by atoms with E-state index in [1.807, 2.05) is 67.6 Å². The second kappa shape index (κ2) is 9.49. The third-order valence-corrected chi connectivity index (χ3v) is 5.67. The first-order chi connectivity index (χ1) is 16.5. The SMILES string of the molecule is Cc1ccc2oc(-c3ccc(NC(=O)CCCc4nc(-c5ccccc5Cl)no4)cc3)nc2c1. The van der Waals surface area contributed by atoms with Crippen molar-refractivity contribution in [3.63, 3.8) is 0 Å². The molecule has 0 radical (unpaired) electrons. The molecule has 1 N–H and O–H groups in total. The molecule has 0 saturated heterocycles. The Labute approximate surface area is 200 Å². The van der Waals surface area contributed by atoms with Crippen LogP contribution in [-0.2, 0) is 11.2 Å². The quantitative estimate of drug-likeness (QED) is 0.292. The summed E-state index contributed by atoms with van der Waals surface area (Å²) < 4.78 is 11.1. The topological polar surface area (TPSA) is 94.1 Å². The molecule has 0 bridgehead atoms. The number of aryl methyl sites for hydroxylation is 2. The Morgan fingerprint density at radius 3 is 2.68 bits per heavy atom. The second-order valence-electron chi connectivity index (χ2n) is 7.96. The van der Waals surface area contributed by atoms with Crippen LogP contribution in [0.4, 0.5) is 5.69 Å². The van der Waals surface area contributed by atoms with Gasteiger partial charge in [-0.15, -0.1) is 0 Å². The van der Waals surface area contributed by atoms with Crippen LogP contribution < -0.4 is 5.32 Å². The molecule has 0 atom stereocenters. The van der Waals surface area contributed by atoms with Crippen molar-refractivity contribution in [3.05, 3.63) is 83.2 Å². The highest BCUT2D eigenvalue weighted by molar-refractivity contribution is 6.33. The number of benzene rings is 3. The lowest BCUT2D eigenvalue weighted by Gasteiger charge is -2.05. The number of halogens is 1. The van der Waals surface area contributed by atoms with Crippen molar-refractivity contribution >= 4 is 34.3 Å². The monoisotopic (exact) mass is 472 g/mol. The van der Waals surface area contributed by atoms with Crippen LogP contribution in [0, 0.1) is 6.92 Å². The Kier molecular flexibility index (Phi) is 6.10. The van der Waals surface area contributed by atoms with Gasteiger partial charge in [-0.1, -0.05) is 35.0 Å². The fourth-order valence-corrected chi connectivity index (χ4v) is 3.81. The van der Waals surface area contributed by atoms with Crippen LogP contribution in [0.25, 0.3) is 33.9 Å². The minimum Gasteiger partial charge on any atom is -0.436 e. The lowest BCUT2D eigenvalue weighted by molar-refractivity contribution is -0.116. The maximum atomic E-state index is 12.4. The van der Waals surface area contributed by atoms with E-state index in [0.29, 0.717) is 53.1 Å². The Hall–Kier alpha value is -3.97. The summed E-state index contributed by atoms with van der Waals surface area (Å²) in [6, 6.07) is 20.6. The molecule has 0 aliphatic heterocycles. The molecule has 2 heterocycles. The van der Waals surface area contributed by atoms with Crippen LogP contribution in [-0.4, -0.2) is 21.0 Å².